The quantitative estimate of drug-likeness (QED) is 0.0738. The third-order valence-electron chi connectivity index (χ3n) is 8.91. The number of hydrogen-bond acceptors (Lipinski definition) is 9. The maximum atomic E-state index is 13.7. The zero-order chi connectivity index (χ0) is 33.7. The maximum Gasteiger partial charge on any atom is 0.314 e. The summed E-state index contributed by atoms with van der Waals surface area (Å²) in [4.78, 5) is 41.0. The molecule has 1 aliphatic heterocycles. The number of hydrogen-bond donors (Lipinski definition) is 5. The predicted octanol–water partition coefficient (Wildman–Crippen LogP) is 5.52. The van der Waals surface area contributed by atoms with Crippen LogP contribution in [0, 0.1) is 11.8 Å². The molecule has 0 radical (unpaired) electrons. The first kappa shape index (κ1) is 38.3. The van der Waals surface area contributed by atoms with E-state index in [-0.39, 0.29) is 18.3 Å². The molecule has 0 saturated carbocycles. The van der Waals surface area contributed by atoms with Crippen molar-refractivity contribution in [3.05, 3.63) is 36.0 Å². The van der Waals surface area contributed by atoms with Gasteiger partial charge >= 0.3 is 17.9 Å². The Labute approximate surface area is 280 Å². The van der Waals surface area contributed by atoms with E-state index in [1.807, 2.05) is 24.3 Å². The molecule has 1 aromatic heterocycles. The zero-order valence-electron chi connectivity index (χ0n) is 28.3. The average Bonchev–Trinajstić information content (AvgIpc) is 3.05. The lowest BCUT2D eigenvalue weighted by Crippen LogP contribution is -2.43. The van der Waals surface area contributed by atoms with Crippen molar-refractivity contribution in [3.8, 4) is 5.75 Å². The Morgan fingerprint density at radius 3 is 2.36 bits per heavy atom. The summed E-state index contributed by atoms with van der Waals surface area (Å²) in [5, 5.41) is 28.8. The Balaban J connectivity index is 1.69. The molecule has 1 aliphatic rings. The number of nitrogens with one attached hydrogen (secondary N) is 3. The van der Waals surface area contributed by atoms with Crippen molar-refractivity contribution in [1.29, 1.82) is 0 Å². The lowest BCUT2D eigenvalue weighted by molar-refractivity contribution is -0.143. The highest BCUT2D eigenvalue weighted by atomic mass is 16.5. The summed E-state index contributed by atoms with van der Waals surface area (Å²) in [6, 6.07) is 7.80. The molecule has 2 heterocycles. The number of nitrogens with zero attached hydrogens (tertiary/aromatic N) is 2. The minimum Gasteiger partial charge on any atom is -0.481 e. The fourth-order valence-corrected chi connectivity index (χ4v) is 6.20. The molecular weight excluding hydrogens is 598 g/mol. The molecule has 0 spiro atoms. The first-order chi connectivity index (χ1) is 22.9. The van der Waals surface area contributed by atoms with E-state index in [0.717, 1.165) is 95.2 Å². The van der Waals surface area contributed by atoms with E-state index in [0.29, 0.717) is 56.3 Å². The van der Waals surface area contributed by atoms with E-state index in [2.05, 4.69) is 33.0 Å². The molecule has 5 N–H and O–H groups in total. The van der Waals surface area contributed by atoms with Crippen LogP contribution < -0.4 is 20.8 Å². The first-order valence-electron chi connectivity index (χ1n) is 17.8. The molecule has 47 heavy (non-hydrogen) atoms. The number of benzene rings is 1. The van der Waals surface area contributed by atoms with Crippen LogP contribution in [-0.2, 0) is 20.9 Å². The fourth-order valence-electron chi connectivity index (χ4n) is 6.20. The second kappa shape index (κ2) is 22.4. The van der Waals surface area contributed by atoms with Crippen molar-refractivity contribution < 1.29 is 29.3 Å². The second-order valence-corrected chi connectivity index (χ2v) is 12.7. The van der Waals surface area contributed by atoms with Gasteiger partial charge in [0, 0.05) is 44.2 Å². The van der Waals surface area contributed by atoms with Gasteiger partial charge in [-0.2, -0.15) is 0 Å². The van der Waals surface area contributed by atoms with Crippen molar-refractivity contribution in [2.24, 2.45) is 11.8 Å². The van der Waals surface area contributed by atoms with E-state index in [4.69, 9.17) is 9.84 Å². The van der Waals surface area contributed by atoms with Gasteiger partial charge in [-0.1, -0.05) is 57.6 Å². The van der Waals surface area contributed by atoms with Crippen LogP contribution >= 0.6 is 0 Å². The molecular formula is C36H57N5O6. The lowest BCUT2D eigenvalue weighted by Gasteiger charge is -2.25. The summed E-state index contributed by atoms with van der Waals surface area (Å²) < 4.78 is 6.07. The first-order valence-corrected chi connectivity index (χ1v) is 17.8. The van der Waals surface area contributed by atoms with Crippen LogP contribution in [0.3, 0.4) is 0 Å². The number of unbranched alkanes of at least 4 members (excludes halogenated alkanes) is 4. The lowest BCUT2D eigenvalue weighted by atomic mass is 9.90. The molecule has 262 valence electrons. The normalized spacial score (nSPS) is 16.5. The molecule has 3 rings (SSSR count). The summed E-state index contributed by atoms with van der Waals surface area (Å²) in [6.07, 6.45) is 12.0. The van der Waals surface area contributed by atoms with Crippen LogP contribution in [0.25, 0.3) is 10.9 Å². The highest BCUT2D eigenvalue weighted by molar-refractivity contribution is 5.90. The Bertz CT molecular complexity index is 1220. The van der Waals surface area contributed by atoms with Crippen molar-refractivity contribution in [1.82, 2.24) is 26.1 Å². The zero-order valence-corrected chi connectivity index (χ0v) is 28.3. The number of aliphatic carboxylic acids is 2. The summed E-state index contributed by atoms with van der Waals surface area (Å²) in [5.74, 6) is -2.66. The number of fused-ring (bicyclic) bond motifs is 1. The van der Waals surface area contributed by atoms with Crippen molar-refractivity contribution in [2.75, 3.05) is 39.3 Å². The maximum absolute atomic E-state index is 13.7. The van der Waals surface area contributed by atoms with Crippen LogP contribution in [0.2, 0.25) is 0 Å². The van der Waals surface area contributed by atoms with Gasteiger partial charge in [-0.05, 0) is 82.3 Å². The summed E-state index contributed by atoms with van der Waals surface area (Å²) >= 11 is 0. The number of esters is 1. The SMILES string of the molecule is CCCCCCCC(CCCC(CCCC(=O)O)C(=O)O)C(=O)Oc1ccc(CN2CCCNCCCNCCN2)c2cccnc12. The van der Waals surface area contributed by atoms with Gasteiger partial charge in [0.2, 0.25) is 0 Å². The molecule has 0 aliphatic carbocycles. The standard InChI is InChI=1S/C36H57N5O6/c1-2-3-4-5-6-12-29(15-7-13-28(35(44)45)14-8-17-33(42)43)36(46)47-32-19-18-30(31-16-9-23-39-34(31)32)27-41-26-11-22-37-20-10-21-38-24-25-40-41/h9,16,18-19,23,28-29,37-38,40H,2-8,10-15,17,20-22,24-27H2,1H3,(H,42,43)(H,44,45). The highest BCUT2D eigenvalue weighted by Gasteiger charge is 2.24. The van der Waals surface area contributed by atoms with Gasteiger partial charge < -0.3 is 25.6 Å². The van der Waals surface area contributed by atoms with Gasteiger partial charge in [0.15, 0.2) is 5.75 Å². The molecule has 2 unspecified atom stereocenters. The Morgan fingerprint density at radius 2 is 1.57 bits per heavy atom. The predicted molar refractivity (Wildman–Crippen MR) is 184 cm³/mol. The summed E-state index contributed by atoms with van der Waals surface area (Å²) in [5.41, 5.74) is 5.32. The van der Waals surface area contributed by atoms with Crippen molar-refractivity contribution in [2.45, 2.75) is 103 Å². The van der Waals surface area contributed by atoms with E-state index in [1.54, 1.807) is 6.20 Å². The summed E-state index contributed by atoms with van der Waals surface area (Å²) in [6.45, 7) is 8.49. The number of carbonyl (C=O) groups excluding carboxylic acids is 1. The second-order valence-electron chi connectivity index (χ2n) is 12.7. The number of aromatic nitrogens is 1. The van der Waals surface area contributed by atoms with Crippen LogP contribution in [0.1, 0.15) is 102 Å². The van der Waals surface area contributed by atoms with Crippen LogP contribution in [0.5, 0.6) is 5.75 Å². The van der Waals surface area contributed by atoms with Crippen molar-refractivity contribution in [3.63, 3.8) is 0 Å². The van der Waals surface area contributed by atoms with Crippen LogP contribution in [-0.4, -0.2) is 77.4 Å². The third-order valence-corrected chi connectivity index (χ3v) is 8.91. The number of pyridine rings is 1. The van der Waals surface area contributed by atoms with E-state index >= 15 is 0 Å². The van der Waals surface area contributed by atoms with E-state index in [1.165, 1.54) is 0 Å². The smallest absolute Gasteiger partial charge is 0.314 e. The number of rotatable bonds is 19. The topological polar surface area (TPSA) is 153 Å². The van der Waals surface area contributed by atoms with Gasteiger partial charge in [-0.15, -0.1) is 0 Å². The average molecular weight is 656 g/mol. The Morgan fingerprint density at radius 1 is 0.851 bits per heavy atom. The summed E-state index contributed by atoms with van der Waals surface area (Å²) in [7, 11) is 0. The van der Waals surface area contributed by atoms with Crippen molar-refractivity contribution >= 4 is 28.8 Å². The number of hydrazine groups is 1. The molecule has 0 bridgehead atoms. The molecule has 2 atom stereocenters. The molecule has 0 amide bonds. The molecule has 1 aromatic carbocycles. The molecule has 1 fully saturated rings. The number of ether oxygens (including phenoxy) is 1. The number of carbonyl (C=O) groups is 3. The number of carboxylic acids is 2. The molecule has 1 saturated heterocycles. The van der Waals surface area contributed by atoms with Crippen LogP contribution in [0.4, 0.5) is 0 Å². The van der Waals surface area contributed by atoms with E-state index in [9.17, 15) is 19.5 Å². The van der Waals surface area contributed by atoms with Crippen LogP contribution in [0.15, 0.2) is 30.5 Å². The monoisotopic (exact) mass is 655 g/mol. The largest absolute Gasteiger partial charge is 0.481 e. The Kier molecular flexibility index (Phi) is 18.3. The minimum absolute atomic E-state index is 0.0409. The third kappa shape index (κ3) is 14.7. The molecule has 2 aromatic rings. The van der Waals surface area contributed by atoms with E-state index < -0.39 is 17.9 Å². The number of carboxylic acid groups (broad SMARTS) is 2. The minimum atomic E-state index is -0.921. The highest BCUT2D eigenvalue weighted by Crippen LogP contribution is 2.30. The van der Waals surface area contributed by atoms with Gasteiger partial charge in [-0.25, -0.2) is 5.01 Å². The van der Waals surface area contributed by atoms with Gasteiger partial charge in [0.05, 0.1) is 11.8 Å². The molecule has 11 nitrogen and oxygen atoms in total. The van der Waals surface area contributed by atoms with Gasteiger partial charge in [0.25, 0.3) is 0 Å². The molecule has 11 heteroatoms. The Hall–Kier alpha value is -3.12. The van der Waals surface area contributed by atoms with Gasteiger partial charge in [0.1, 0.15) is 5.52 Å². The van der Waals surface area contributed by atoms with Gasteiger partial charge in [-0.3, -0.25) is 24.8 Å². The fraction of sp³-hybridized carbons (Fsp3) is 0.667.